The van der Waals surface area contributed by atoms with Gasteiger partial charge in [0.1, 0.15) is 5.75 Å². The number of para-hydroxylation sites is 2. The lowest BCUT2D eigenvalue weighted by molar-refractivity contribution is 0.0318. The minimum Gasteiger partial charge on any atom is -0.495 e. The Kier molecular flexibility index (Phi) is 5.79. The Morgan fingerprint density at radius 1 is 0.848 bits per heavy atom. The quantitative estimate of drug-likeness (QED) is 0.322. The maximum atomic E-state index is 13.0. The number of amides is 2. The number of Topliss-reactive ketones (excluding diaryl/α,β-unsaturated/α-hetero) is 1. The second-order valence-electron chi connectivity index (χ2n) is 7.66. The Balaban J connectivity index is 1.56. The summed E-state index contributed by atoms with van der Waals surface area (Å²) in [6.45, 7) is 3.40. The lowest BCUT2D eigenvalue weighted by atomic mass is 10.0. The van der Waals surface area contributed by atoms with Crippen molar-refractivity contribution >= 4 is 29.3 Å². The fourth-order valence-corrected chi connectivity index (χ4v) is 3.64. The molecule has 2 amide bonds. The third-order valence-corrected chi connectivity index (χ3v) is 5.44. The first kappa shape index (κ1) is 22.0. The predicted octanol–water partition coefficient (Wildman–Crippen LogP) is 4.23. The van der Waals surface area contributed by atoms with E-state index in [1.54, 1.807) is 48.5 Å². The molecule has 0 aliphatic carbocycles. The van der Waals surface area contributed by atoms with E-state index in [4.69, 9.17) is 9.47 Å². The molecule has 1 atom stereocenters. The van der Waals surface area contributed by atoms with Crippen molar-refractivity contribution in [2.45, 2.75) is 20.0 Å². The molecule has 0 bridgehead atoms. The van der Waals surface area contributed by atoms with E-state index in [9.17, 15) is 19.2 Å². The SMILES string of the molecule is COc1ccccc1N1C(=O)c2ccc(C(=O)OC(C)C(=O)c3ccc(C)cc3)cc2C1=O. The van der Waals surface area contributed by atoms with Gasteiger partial charge in [-0.05, 0) is 44.2 Å². The number of hydrogen-bond acceptors (Lipinski definition) is 6. The van der Waals surface area contributed by atoms with Crippen LogP contribution >= 0.6 is 0 Å². The average molecular weight is 443 g/mol. The Hall–Kier alpha value is -4.26. The highest BCUT2D eigenvalue weighted by atomic mass is 16.5. The van der Waals surface area contributed by atoms with Gasteiger partial charge < -0.3 is 9.47 Å². The molecule has 0 spiro atoms. The zero-order valence-corrected chi connectivity index (χ0v) is 18.3. The van der Waals surface area contributed by atoms with Gasteiger partial charge in [0.25, 0.3) is 11.8 Å². The third-order valence-electron chi connectivity index (χ3n) is 5.44. The van der Waals surface area contributed by atoms with Crippen LogP contribution in [0.15, 0.2) is 66.7 Å². The number of nitrogens with zero attached hydrogens (tertiary/aromatic N) is 1. The van der Waals surface area contributed by atoms with Gasteiger partial charge >= 0.3 is 5.97 Å². The monoisotopic (exact) mass is 443 g/mol. The van der Waals surface area contributed by atoms with Crippen LogP contribution in [-0.2, 0) is 4.74 Å². The number of rotatable bonds is 6. The van der Waals surface area contributed by atoms with Gasteiger partial charge in [0.2, 0.25) is 5.78 Å². The largest absolute Gasteiger partial charge is 0.495 e. The topological polar surface area (TPSA) is 90.0 Å². The number of imide groups is 1. The molecule has 0 aromatic heterocycles. The number of esters is 1. The Bertz CT molecular complexity index is 1280. The van der Waals surface area contributed by atoms with Crippen molar-refractivity contribution in [3.63, 3.8) is 0 Å². The van der Waals surface area contributed by atoms with Crippen molar-refractivity contribution in [1.29, 1.82) is 0 Å². The summed E-state index contributed by atoms with van der Waals surface area (Å²) in [6, 6.07) is 17.8. The third kappa shape index (κ3) is 4.01. The van der Waals surface area contributed by atoms with Crippen LogP contribution in [0.2, 0.25) is 0 Å². The van der Waals surface area contributed by atoms with Gasteiger partial charge in [0.05, 0.1) is 29.5 Å². The van der Waals surface area contributed by atoms with E-state index < -0.39 is 23.9 Å². The number of hydrogen-bond donors (Lipinski definition) is 0. The molecule has 1 aliphatic rings. The molecule has 0 N–H and O–H groups in total. The Morgan fingerprint density at radius 3 is 2.18 bits per heavy atom. The van der Waals surface area contributed by atoms with E-state index in [2.05, 4.69) is 0 Å². The minimum atomic E-state index is -1.02. The molecule has 1 heterocycles. The van der Waals surface area contributed by atoms with Gasteiger partial charge in [-0.25, -0.2) is 9.69 Å². The molecule has 7 heteroatoms. The fourth-order valence-electron chi connectivity index (χ4n) is 3.64. The van der Waals surface area contributed by atoms with Crippen LogP contribution in [-0.4, -0.2) is 36.8 Å². The normalized spacial score (nSPS) is 13.5. The zero-order chi connectivity index (χ0) is 23.7. The van der Waals surface area contributed by atoms with Crippen LogP contribution in [0.4, 0.5) is 5.69 Å². The summed E-state index contributed by atoms with van der Waals surface area (Å²) < 4.78 is 10.6. The predicted molar refractivity (Wildman–Crippen MR) is 121 cm³/mol. The zero-order valence-electron chi connectivity index (χ0n) is 18.3. The minimum absolute atomic E-state index is 0.0698. The number of aryl methyl sites for hydroxylation is 1. The van der Waals surface area contributed by atoms with Crippen molar-refractivity contribution in [3.05, 3.63) is 94.5 Å². The lowest BCUT2D eigenvalue weighted by Crippen LogP contribution is -2.29. The summed E-state index contributed by atoms with van der Waals surface area (Å²) in [6.07, 6.45) is -1.02. The average Bonchev–Trinajstić information content (AvgIpc) is 3.08. The van der Waals surface area contributed by atoms with Gasteiger partial charge in [-0.3, -0.25) is 14.4 Å². The number of ketones is 1. The Labute approximate surface area is 190 Å². The van der Waals surface area contributed by atoms with Crippen LogP contribution in [0.25, 0.3) is 0 Å². The molecule has 0 saturated carbocycles. The summed E-state index contributed by atoms with van der Waals surface area (Å²) >= 11 is 0. The molecular weight excluding hydrogens is 422 g/mol. The van der Waals surface area contributed by atoms with Crippen molar-refractivity contribution in [2.75, 3.05) is 12.0 Å². The first-order valence-electron chi connectivity index (χ1n) is 10.3. The van der Waals surface area contributed by atoms with Crippen molar-refractivity contribution < 1.29 is 28.7 Å². The molecule has 0 fully saturated rings. The highest BCUT2D eigenvalue weighted by Crippen LogP contribution is 2.35. The number of fused-ring (bicyclic) bond motifs is 1. The first-order valence-corrected chi connectivity index (χ1v) is 10.3. The van der Waals surface area contributed by atoms with E-state index in [1.807, 2.05) is 6.92 Å². The lowest BCUT2D eigenvalue weighted by Gasteiger charge is -2.16. The first-order chi connectivity index (χ1) is 15.8. The standard InChI is InChI=1S/C26H21NO6/c1-15-8-10-17(11-9-15)23(28)16(2)33-26(31)18-12-13-19-20(14-18)25(30)27(24(19)29)21-6-4-5-7-22(21)32-3/h4-14,16H,1-3H3. The summed E-state index contributed by atoms with van der Waals surface area (Å²) in [5.74, 6) is -1.81. The van der Waals surface area contributed by atoms with Crippen LogP contribution in [0.1, 0.15) is 53.9 Å². The molecule has 7 nitrogen and oxygen atoms in total. The number of methoxy groups -OCH3 is 1. The smallest absolute Gasteiger partial charge is 0.338 e. The van der Waals surface area contributed by atoms with E-state index in [0.717, 1.165) is 10.5 Å². The van der Waals surface area contributed by atoms with Gasteiger partial charge in [0, 0.05) is 5.56 Å². The van der Waals surface area contributed by atoms with Gasteiger partial charge in [-0.15, -0.1) is 0 Å². The second kappa shape index (κ2) is 8.70. The van der Waals surface area contributed by atoms with Crippen molar-refractivity contribution in [1.82, 2.24) is 0 Å². The summed E-state index contributed by atoms with van der Waals surface area (Å²) in [5, 5.41) is 0. The van der Waals surface area contributed by atoms with Crippen LogP contribution in [0.5, 0.6) is 5.75 Å². The van der Waals surface area contributed by atoms with E-state index in [-0.39, 0.29) is 22.5 Å². The highest BCUT2D eigenvalue weighted by molar-refractivity contribution is 6.35. The number of carbonyl (C=O) groups excluding carboxylic acids is 4. The molecule has 1 unspecified atom stereocenters. The molecule has 1 aliphatic heterocycles. The molecule has 0 radical (unpaired) electrons. The Morgan fingerprint density at radius 2 is 1.48 bits per heavy atom. The summed E-state index contributed by atoms with van der Waals surface area (Å²) in [4.78, 5) is 52.2. The van der Waals surface area contributed by atoms with Crippen LogP contribution < -0.4 is 9.64 Å². The molecular formula is C26H21NO6. The molecule has 33 heavy (non-hydrogen) atoms. The van der Waals surface area contributed by atoms with E-state index >= 15 is 0 Å². The molecule has 3 aromatic rings. The molecule has 3 aromatic carbocycles. The molecule has 166 valence electrons. The second-order valence-corrected chi connectivity index (χ2v) is 7.66. The molecule has 0 saturated heterocycles. The summed E-state index contributed by atoms with van der Waals surface area (Å²) in [7, 11) is 1.45. The number of carbonyl (C=O) groups is 4. The highest BCUT2D eigenvalue weighted by Gasteiger charge is 2.38. The van der Waals surface area contributed by atoms with Gasteiger partial charge in [-0.2, -0.15) is 0 Å². The summed E-state index contributed by atoms with van der Waals surface area (Å²) in [5.41, 5.74) is 2.08. The van der Waals surface area contributed by atoms with Crippen LogP contribution in [0, 0.1) is 6.92 Å². The van der Waals surface area contributed by atoms with Gasteiger partial charge in [-0.1, -0.05) is 42.0 Å². The van der Waals surface area contributed by atoms with Gasteiger partial charge in [0.15, 0.2) is 6.10 Å². The van der Waals surface area contributed by atoms with E-state index in [1.165, 1.54) is 32.2 Å². The number of benzene rings is 3. The van der Waals surface area contributed by atoms with E-state index in [0.29, 0.717) is 17.0 Å². The maximum absolute atomic E-state index is 13.0. The number of anilines is 1. The van der Waals surface area contributed by atoms with Crippen molar-refractivity contribution in [3.8, 4) is 5.75 Å². The van der Waals surface area contributed by atoms with Crippen molar-refractivity contribution in [2.24, 2.45) is 0 Å². The number of ether oxygens (including phenoxy) is 2. The maximum Gasteiger partial charge on any atom is 0.338 e. The fraction of sp³-hybridized carbons (Fsp3) is 0.154. The van der Waals surface area contributed by atoms with Crippen LogP contribution in [0.3, 0.4) is 0 Å². The molecule has 4 rings (SSSR count).